The molecule has 6 heteroatoms. The normalized spacial score (nSPS) is 17.9. The first-order valence-electron chi connectivity index (χ1n) is 8.93. The molecule has 1 saturated heterocycles. The summed E-state index contributed by atoms with van der Waals surface area (Å²) >= 11 is 0. The number of aromatic amines is 1. The molecule has 0 aromatic carbocycles. The molecule has 132 valence electrons. The number of rotatable bonds is 4. The second-order valence-electron chi connectivity index (χ2n) is 6.63. The summed E-state index contributed by atoms with van der Waals surface area (Å²) in [6.45, 7) is 2.76. The van der Waals surface area contributed by atoms with Gasteiger partial charge in [-0.3, -0.25) is 19.7 Å². The van der Waals surface area contributed by atoms with Gasteiger partial charge in [0.05, 0.1) is 11.4 Å². The first-order chi connectivity index (χ1) is 12.8. The van der Waals surface area contributed by atoms with Gasteiger partial charge < -0.3 is 4.98 Å². The van der Waals surface area contributed by atoms with Crippen molar-refractivity contribution in [3.8, 4) is 11.5 Å². The quantitative estimate of drug-likeness (QED) is 0.785. The summed E-state index contributed by atoms with van der Waals surface area (Å²) in [5, 5.41) is 0. The first kappa shape index (κ1) is 16.6. The number of hydrogen-bond donors (Lipinski definition) is 1. The Morgan fingerprint density at radius 1 is 1.12 bits per heavy atom. The molecule has 26 heavy (non-hydrogen) atoms. The number of piperidine rings is 1. The van der Waals surface area contributed by atoms with Gasteiger partial charge in [-0.25, -0.2) is 4.98 Å². The van der Waals surface area contributed by atoms with Crippen LogP contribution in [0.25, 0.3) is 11.5 Å². The molecule has 0 saturated carbocycles. The van der Waals surface area contributed by atoms with Crippen molar-refractivity contribution in [2.75, 3.05) is 13.1 Å². The van der Waals surface area contributed by atoms with Crippen LogP contribution < -0.4 is 5.56 Å². The number of nitrogens with zero attached hydrogens (tertiary/aromatic N) is 4. The number of likely N-dealkylation sites (tertiary alicyclic amines) is 1. The smallest absolute Gasteiger partial charge is 0.251 e. The van der Waals surface area contributed by atoms with Gasteiger partial charge in [0.15, 0.2) is 5.82 Å². The highest BCUT2D eigenvalue weighted by molar-refractivity contribution is 5.48. The maximum absolute atomic E-state index is 12.2. The van der Waals surface area contributed by atoms with Crippen LogP contribution in [0.5, 0.6) is 0 Å². The molecule has 0 bridgehead atoms. The predicted molar refractivity (Wildman–Crippen MR) is 99.6 cm³/mol. The first-order valence-corrected chi connectivity index (χ1v) is 8.93. The lowest BCUT2D eigenvalue weighted by Gasteiger charge is -2.32. The third-order valence-electron chi connectivity index (χ3n) is 4.70. The zero-order chi connectivity index (χ0) is 17.8. The largest absolute Gasteiger partial charge is 0.305 e. The average molecular weight is 347 g/mol. The Morgan fingerprint density at radius 2 is 1.96 bits per heavy atom. The lowest BCUT2D eigenvalue weighted by molar-refractivity contribution is 0.196. The average Bonchev–Trinajstić information content (AvgIpc) is 2.69. The molecule has 1 fully saturated rings. The SMILES string of the molecule is O=c1cc([C@@H]2CCCN(Cc3ccccn3)C2)nc(-c2ccccn2)[nH]1. The van der Waals surface area contributed by atoms with Gasteiger partial charge in [-0.2, -0.15) is 0 Å². The summed E-state index contributed by atoms with van der Waals surface area (Å²) in [5.74, 6) is 0.784. The van der Waals surface area contributed by atoms with E-state index in [0.717, 1.165) is 43.9 Å². The summed E-state index contributed by atoms with van der Waals surface area (Å²) < 4.78 is 0. The van der Waals surface area contributed by atoms with E-state index in [1.165, 1.54) is 0 Å². The highest BCUT2D eigenvalue weighted by atomic mass is 16.1. The molecule has 3 aromatic rings. The third-order valence-corrected chi connectivity index (χ3v) is 4.70. The molecule has 0 unspecified atom stereocenters. The van der Waals surface area contributed by atoms with E-state index in [1.54, 1.807) is 12.3 Å². The molecule has 1 N–H and O–H groups in total. The van der Waals surface area contributed by atoms with Crippen LogP contribution in [-0.4, -0.2) is 37.9 Å². The van der Waals surface area contributed by atoms with Gasteiger partial charge in [0.2, 0.25) is 0 Å². The molecule has 6 nitrogen and oxygen atoms in total. The second kappa shape index (κ2) is 7.58. The lowest BCUT2D eigenvalue weighted by Crippen LogP contribution is -2.34. The summed E-state index contributed by atoms with van der Waals surface area (Å²) in [4.78, 5) is 30.8. The number of pyridine rings is 2. The van der Waals surface area contributed by atoms with Crippen LogP contribution in [0.15, 0.2) is 59.7 Å². The summed E-state index contributed by atoms with van der Waals surface area (Å²) in [7, 11) is 0. The molecule has 3 aromatic heterocycles. The van der Waals surface area contributed by atoms with E-state index in [4.69, 9.17) is 4.98 Å². The van der Waals surface area contributed by atoms with E-state index in [0.29, 0.717) is 11.5 Å². The summed E-state index contributed by atoms with van der Waals surface area (Å²) in [5.41, 5.74) is 2.48. The van der Waals surface area contributed by atoms with Crippen LogP contribution in [0.4, 0.5) is 0 Å². The second-order valence-corrected chi connectivity index (χ2v) is 6.63. The van der Waals surface area contributed by atoms with Crippen molar-refractivity contribution in [3.63, 3.8) is 0 Å². The van der Waals surface area contributed by atoms with Crippen LogP contribution in [0.3, 0.4) is 0 Å². The van der Waals surface area contributed by atoms with Crippen LogP contribution in [-0.2, 0) is 6.54 Å². The van der Waals surface area contributed by atoms with Gasteiger partial charge in [-0.15, -0.1) is 0 Å². The molecule has 4 heterocycles. The van der Waals surface area contributed by atoms with Gasteiger partial charge >= 0.3 is 0 Å². The molecule has 4 rings (SSSR count). The summed E-state index contributed by atoms with van der Waals surface area (Å²) in [6, 6.07) is 13.2. The van der Waals surface area contributed by atoms with Crippen molar-refractivity contribution in [2.24, 2.45) is 0 Å². The Morgan fingerprint density at radius 3 is 2.73 bits per heavy atom. The molecule has 0 amide bonds. The summed E-state index contributed by atoms with van der Waals surface area (Å²) in [6.07, 6.45) is 5.66. The van der Waals surface area contributed by atoms with Crippen LogP contribution >= 0.6 is 0 Å². The van der Waals surface area contributed by atoms with E-state index < -0.39 is 0 Å². The lowest BCUT2D eigenvalue weighted by atomic mass is 9.94. The molecule has 1 aliphatic rings. The van der Waals surface area contributed by atoms with Crippen LogP contribution in [0.1, 0.15) is 30.1 Å². The van der Waals surface area contributed by atoms with E-state index in [2.05, 4.69) is 19.9 Å². The Hall–Kier alpha value is -2.86. The van der Waals surface area contributed by atoms with E-state index in [1.807, 2.05) is 42.6 Å². The Kier molecular flexibility index (Phi) is 4.84. The monoisotopic (exact) mass is 347 g/mol. The molecular formula is C20H21N5O. The minimum absolute atomic E-state index is 0.127. The fourth-order valence-corrected chi connectivity index (χ4v) is 3.47. The van der Waals surface area contributed by atoms with E-state index in [-0.39, 0.29) is 11.5 Å². The number of hydrogen-bond acceptors (Lipinski definition) is 5. The number of nitrogens with one attached hydrogen (secondary N) is 1. The predicted octanol–water partition coefficient (Wildman–Crippen LogP) is 2.61. The van der Waals surface area contributed by atoms with Crippen LogP contribution in [0.2, 0.25) is 0 Å². The standard InChI is InChI=1S/C20H21N5O/c26-19-12-18(23-20(24-19)17-8-2-4-10-22-17)15-6-5-11-25(13-15)14-16-7-1-3-9-21-16/h1-4,7-10,12,15H,5-6,11,13-14H2,(H,23,24,26)/t15-/m1/s1. The maximum Gasteiger partial charge on any atom is 0.251 e. The molecule has 0 aliphatic carbocycles. The fraction of sp³-hybridized carbons (Fsp3) is 0.300. The molecule has 1 atom stereocenters. The van der Waals surface area contributed by atoms with Gasteiger partial charge in [0, 0.05) is 37.5 Å². The molecular weight excluding hydrogens is 326 g/mol. The van der Waals surface area contributed by atoms with E-state index in [9.17, 15) is 4.79 Å². The van der Waals surface area contributed by atoms with Gasteiger partial charge in [0.1, 0.15) is 5.69 Å². The highest BCUT2D eigenvalue weighted by Gasteiger charge is 2.23. The molecule has 1 aliphatic heterocycles. The zero-order valence-corrected chi connectivity index (χ0v) is 14.5. The Labute approximate surface area is 152 Å². The minimum Gasteiger partial charge on any atom is -0.305 e. The van der Waals surface area contributed by atoms with Crippen molar-refractivity contribution in [3.05, 3.63) is 76.6 Å². The fourth-order valence-electron chi connectivity index (χ4n) is 3.47. The van der Waals surface area contributed by atoms with Crippen molar-refractivity contribution >= 4 is 0 Å². The third kappa shape index (κ3) is 3.86. The Bertz CT molecular complexity index is 910. The topological polar surface area (TPSA) is 74.8 Å². The van der Waals surface area contributed by atoms with E-state index >= 15 is 0 Å². The van der Waals surface area contributed by atoms with Crippen molar-refractivity contribution in [1.29, 1.82) is 0 Å². The maximum atomic E-state index is 12.2. The number of aromatic nitrogens is 4. The number of H-pyrrole nitrogens is 1. The molecule has 0 spiro atoms. The van der Waals surface area contributed by atoms with Crippen molar-refractivity contribution in [2.45, 2.75) is 25.3 Å². The zero-order valence-electron chi connectivity index (χ0n) is 14.5. The van der Waals surface area contributed by atoms with Crippen LogP contribution in [0, 0.1) is 0 Å². The minimum atomic E-state index is -0.127. The van der Waals surface area contributed by atoms with Crippen molar-refractivity contribution < 1.29 is 0 Å². The molecule has 0 radical (unpaired) electrons. The Balaban J connectivity index is 1.55. The van der Waals surface area contributed by atoms with Gasteiger partial charge in [-0.05, 0) is 43.7 Å². The van der Waals surface area contributed by atoms with Gasteiger partial charge in [0.25, 0.3) is 5.56 Å². The van der Waals surface area contributed by atoms with Gasteiger partial charge in [-0.1, -0.05) is 12.1 Å². The highest BCUT2D eigenvalue weighted by Crippen LogP contribution is 2.26. The van der Waals surface area contributed by atoms with Crippen molar-refractivity contribution in [1.82, 2.24) is 24.8 Å².